The molecular weight excluding hydrogens is 299 g/mol. The SMILES string of the molecule is CC(C)(C)c1ccc(N[C@@H]2c3ccccc3C=CN2B(O)O)cc1. The average Bonchev–Trinajstić information content (AvgIpc) is 2.54. The van der Waals surface area contributed by atoms with Crippen molar-refractivity contribution in [1.29, 1.82) is 0 Å². The molecule has 0 amide bonds. The largest absolute Gasteiger partial charge is 0.589 e. The molecule has 0 radical (unpaired) electrons. The third kappa shape index (κ3) is 3.32. The fourth-order valence-electron chi connectivity index (χ4n) is 2.91. The van der Waals surface area contributed by atoms with E-state index in [1.165, 1.54) is 10.4 Å². The highest BCUT2D eigenvalue weighted by molar-refractivity contribution is 6.38. The molecule has 1 atom stereocenters. The van der Waals surface area contributed by atoms with Gasteiger partial charge in [-0.25, -0.2) is 0 Å². The molecule has 1 aliphatic rings. The first-order chi connectivity index (χ1) is 11.4. The summed E-state index contributed by atoms with van der Waals surface area (Å²) >= 11 is 0. The van der Waals surface area contributed by atoms with E-state index in [-0.39, 0.29) is 11.6 Å². The molecule has 3 N–H and O–H groups in total. The van der Waals surface area contributed by atoms with Crippen molar-refractivity contribution in [2.45, 2.75) is 32.4 Å². The molecule has 0 saturated carbocycles. The van der Waals surface area contributed by atoms with Crippen LogP contribution >= 0.6 is 0 Å². The molecule has 124 valence electrons. The van der Waals surface area contributed by atoms with Crippen LogP contribution in [0.2, 0.25) is 0 Å². The average molecular weight is 322 g/mol. The van der Waals surface area contributed by atoms with E-state index in [9.17, 15) is 10.0 Å². The first-order valence-corrected chi connectivity index (χ1v) is 8.14. The standard InChI is InChI=1S/C19H23BN2O2/c1-19(2,3)15-8-10-16(11-9-15)21-18-17-7-5-4-6-14(17)12-13-22(18)20(23)24/h4-13,18,21,23-24H,1-3H3/t18-/m0/s1. The van der Waals surface area contributed by atoms with Gasteiger partial charge < -0.3 is 20.2 Å². The minimum atomic E-state index is -1.57. The lowest BCUT2D eigenvalue weighted by molar-refractivity contribution is 0.285. The molecule has 0 unspecified atom stereocenters. The van der Waals surface area contributed by atoms with E-state index in [1.807, 2.05) is 42.5 Å². The van der Waals surface area contributed by atoms with E-state index < -0.39 is 7.25 Å². The summed E-state index contributed by atoms with van der Waals surface area (Å²) in [6.45, 7) is 6.55. The summed E-state index contributed by atoms with van der Waals surface area (Å²) in [7, 11) is -1.57. The highest BCUT2D eigenvalue weighted by Crippen LogP contribution is 2.32. The molecule has 1 aliphatic heterocycles. The van der Waals surface area contributed by atoms with Crippen LogP contribution in [0.3, 0.4) is 0 Å². The number of benzene rings is 2. The van der Waals surface area contributed by atoms with Crippen LogP contribution in [0.5, 0.6) is 0 Å². The summed E-state index contributed by atoms with van der Waals surface area (Å²) in [6, 6.07) is 16.2. The van der Waals surface area contributed by atoms with Gasteiger partial charge in [-0.15, -0.1) is 0 Å². The normalized spacial score (nSPS) is 16.7. The van der Waals surface area contributed by atoms with Crippen molar-refractivity contribution in [2.24, 2.45) is 0 Å². The van der Waals surface area contributed by atoms with Crippen LogP contribution in [0.15, 0.2) is 54.7 Å². The monoisotopic (exact) mass is 322 g/mol. The molecule has 4 nitrogen and oxygen atoms in total. The topological polar surface area (TPSA) is 55.7 Å². The molecule has 0 aliphatic carbocycles. The van der Waals surface area contributed by atoms with Crippen molar-refractivity contribution in [3.05, 3.63) is 71.4 Å². The van der Waals surface area contributed by atoms with Crippen LogP contribution < -0.4 is 5.32 Å². The van der Waals surface area contributed by atoms with Crippen molar-refractivity contribution < 1.29 is 10.0 Å². The lowest BCUT2D eigenvalue weighted by Crippen LogP contribution is -2.43. The second-order valence-corrected chi connectivity index (χ2v) is 7.11. The smallest absolute Gasteiger partial charge is 0.408 e. The molecule has 0 aromatic heterocycles. The van der Waals surface area contributed by atoms with Crippen molar-refractivity contribution in [3.8, 4) is 0 Å². The van der Waals surface area contributed by atoms with Gasteiger partial charge in [-0.1, -0.05) is 57.2 Å². The fraction of sp³-hybridized carbons (Fsp3) is 0.263. The van der Waals surface area contributed by atoms with Crippen LogP contribution in [0.4, 0.5) is 5.69 Å². The minimum absolute atomic E-state index is 0.103. The maximum absolute atomic E-state index is 9.69. The molecule has 0 saturated heterocycles. The lowest BCUT2D eigenvalue weighted by atomic mass is 9.87. The van der Waals surface area contributed by atoms with E-state index in [0.717, 1.165) is 16.8 Å². The predicted octanol–water partition coefficient (Wildman–Crippen LogP) is 3.35. The number of nitrogens with zero attached hydrogens (tertiary/aromatic N) is 1. The molecular formula is C19H23BN2O2. The Hall–Kier alpha value is -2.24. The van der Waals surface area contributed by atoms with Gasteiger partial charge in [0.1, 0.15) is 6.17 Å². The Kier molecular flexibility index (Phi) is 4.39. The fourth-order valence-corrected chi connectivity index (χ4v) is 2.91. The Labute approximate surface area is 143 Å². The van der Waals surface area contributed by atoms with Crippen molar-refractivity contribution in [2.75, 3.05) is 5.32 Å². The van der Waals surface area contributed by atoms with Gasteiger partial charge in [0.2, 0.25) is 0 Å². The van der Waals surface area contributed by atoms with Gasteiger partial charge in [0.25, 0.3) is 0 Å². The van der Waals surface area contributed by atoms with Gasteiger partial charge >= 0.3 is 7.25 Å². The van der Waals surface area contributed by atoms with Gasteiger partial charge in [-0.3, -0.25) is 0 Å². The molecule has 5 heteroatoms. The molecule has 1 heterocycles. The number of anilines is 1. The van der Waals surface area contributed by atoms with Crippen LogP contribution in [0.25, 0.3) is 6.08 Å². The highest BCUT2D eigenvalue weighted by Gasteiger charge is 2.30. The van der Waals surface area contributed by atoms with E-state index >= 15 is 0 Å². The zero-order chi connectivity index (χ0) is 17.3. The van der Waals surface area contributed by atoms with E-state index in [2.05, 4.69) is 38.2 Å². The Balaban J connectivity index is 1.90. The highest BCUT2D eigenvalue weighted by atomic mass is 16.4. The predicted molar refractivity (Wildman–Crippen MR) is 99.0 cm³/mol. The number of hydrogen-bond donors (Lipinski definition) is 3. The Morgan fingerprint density at radius 2 is 1.67 bits per heavy atom. The van der Waals surface area contributed by atoms with Crippen LogP contribution in [0.1, 0.15) is 43.6 Å². The van der Waals surface area contributed by atoms with Gasteiger partial charge in [-0.2, -0.15) is 0 Å². The summed E-state index contributed by atoms with van der Waals surface area (Å²) in [5.74, 6) is 0. The summed E-state index contributed by atoms with van der Waals surface area (Å²) in [6.07, 6.45) is 3.25. The summed E-state index contributed by atoms with van der Waals surface area (Å²) < 4.78 is 0. The Bertz CT molecular complexity index is 736. The zero-order valence-electron chi connectivity index (χ0n) is 14.3. The summed E-state index contributed by atoms with van der Waals surface area (Å²) in [4.78, 5) is 1.49. The Morgan fingerprint density at radius 3 is 2.29 bits per heavy atom. The first-order valence-electron chi connectivity index (χ1n) is 8.14. The minimum Gasteiger partial charge on any atom is -0.408 e. The number of rotatable bonds is 3. The lowest BCUT2D eigenvalue weighted by Gasteiger charge is -2.35. The van der Waals surface area contributed by atoms with Crippen LogP contribution in [-0.4, -0.2) is 22.1 Å². The second kappa shape index (κ2) is 6.34. The van der Waals surface area contributed by atoms with Gasteiger partial charge in [0, 0.05) is 11.3 Å². The third-order valence-electron chi connectivity index (χ3n) is 4.34. The third-order valence-corrected chi connectivity index (χ3v) is 4.34. The van der Waals surface area contributed by atoms with Crippen LogP contribution in [0, 0.1) is 0 Å². The zero-order valence-corrected chi connectivity index (χ0v) is 14.3. The van der Waals surface area contributed by atoms with Gasteiger partial charge in [0.05, 0.1) is 0 Å². The first kappa shape index (κ1) is 16.6. The van der Waals surface area contributed by atoms with Gasteiger partial charge in [0.15, 0.2) is 0 Å². The maximum Gasteiger partial charge on any atom is 0.589 e. The molecule has 2 aromatic carbocycles. The number of hydrogen-bond acceptors (Lipinski definition) is 4. The molecule has 2 aromatic rings. The number of nitrogens with one attached hydrogen (secondary N) is 1. The van der Waals surface area contributed by atoms with Crippen molar-refractivity contribution in [1.82, 2.24) is 4.81 Å². The number of fused-ring (bicyclic) bond motifs is 1. The quantitative estimate of drug-likeness (QED) is 0.759. The Morgan fingerprint density at radius 1 is 1.00 bits per heavy atom. The second-order valence-electron chi connectivity index (χ2n) is 7.11. The maximum atomic E-state index is 9.69. The van der Waals surface area contributed by atoms with E-state index in [0.29, 0.717) is 0 Å². The summed E-state index contributed by atoms with van der Waals surface area (Å²) in [5.41, 5.74) is 4.37. The van der Waals surface area contributed by atoms with Crippen molar-refractivity contribution in [3.63, 3.8) is 0 Å². The molecule has 0 spiro atoms. The molecule has 3 rings (SSSR count). The molecule has 0 bridgehead atoms. The van der Waals surface area contributed by atoms with Crippen LogP contribution in [-0.2, 0) is 5.41 Å². The van der Waals surface area contributed by atoms with E-state index in [1.54, 1.807) is 6.20 Å². The van der Waals surface area contributed by atoms with Crippen molar-refractivity contribution >= 4 is 19.0 Å². The summed E-state index contributed by atoms with van der Waals surface area (Å²) in [5, 5.41) is 22.8. The van der Waals surface area contributed by atoms with Gasteiger partial charge in [-0.05, 0) is 41.0 Å². The molecule has 0 fully saturated rings. The van der Waals surface area contributed by atoms with E-state index in [4.69, 9.17) is 0 Å². The molecule has 24 heavy (non-hydrogen) atoms.